The molecule has 2 rings (SSSR count). The number of hydrogen-bond donors (Lipinski definition) is 0. The lowest BCUT2D eigenvalue weighted by Gasteiger charge is -2.30. The van der Waals surface area contributed by atoms with Gasteiger partial charge in [0.2, 0.25) is 6.54 Å². The quantitative estimate of drug-likeness (QED) is 0.228. The number of carbonyl (C=O) groups is 2. The average molecular weight is 466 g/mol. The Labute approximate surface area is 193 Å². The third-order valence-corrected chi connectivity index (χ3v) is 5.07. The van der Waals surface area contributed by atoms with E-state index >= 15 is 0 Å². The van der Waals surface area contributed by atoms with Gasteiger partial charge in [-0.25, -0.2) is 0 Å². The molecule has 0 fully saturated rings. The zero-order valence-corrected chi connectivity index (χ0v) is 19.3. The molecule has 0 N–H and O–H groups in total. The van der Waals surface area contributed by atoms with Gasteiger partial charge in [-0.15, -0.1) is 0 Å². The topological polar surface area (TPSA) is 114 Å². The van der Waals surface area contributed by atoms with E-state index in [0.717, 1.165) is 19.8 Å². The van der Waals surface area contributed by atoms with Crippen LogP contribution >= 0.6 is 13.5 Å². The number of nitro groups is 1. The van der Waals surface area contributed by atoms with Crippen molar-refractivity contribution in [1.29, 1.82) is 0 Å². The van der Waals surface area contributed by atoms with Crippen LogP contribution in [0.1, 0.15) is 24.0 Å². The molecule has 0 aromatic heterocycles. The SMILES string of the molecule is COC(=O)C(C)(C(=O)OC)[C@@H](C[N+](=O)[O-])c1ccc(OC)c(OCc2ccccc2)c1.S. The first-order valence-electron chi connectivity index (χ1n) is 9.41. The van der Waals surface area contributed by atoms with E-state index in [2.05, 4.69) is 0 Å². The summed E-state index contributed by atoms with van der Waals surface area (Å²) in [6.45, 7) is 0.796. The molecule has 0 saturated heterocycles. The van der Waals surface area contributed by atoms with Crippen LogP contribution in [0.5, 0.6) is 11.5 Å². The second-order valence-corrected chi connectivity index (χ2v) is 6.94. The van der Waals surface area contributed by atoms with E-state index in [9.17, 15) is 19.7 Å². The summed E-state index contributed by atoms with van der Waals surface area (Å²) < 4.78 is 20.8. The molecule has 0 heterocycles. The number of carbonyl (C=O) groups excluding carboxylic acids is 2. The number of rotatable bonds is 10. The van der Waals surface area contributed by atoms with Crippen molar-refractivity contribution in [3.63, 3.8) is 0 Å². The number of methoxy groups -OCH3 is 3. The molecule has 2 aromatic rings. The smallest absolute Gasteiger partial charge is 0.323 e. The highest BCUT2D eigenvalue weighted by Gasteiger charge is 2.53. The third-order valence-electron chi connectivity index (χ3n) is 5.07. The van der Waals surface area contributed by atoms with Crippen LogP contribution in [0.15, 0.2) is 48.5 Å². The highest BCUT2D eigenvalue weighted by atomic mass is 32.1. The number of ether oxygens (including phenoxy) is 4. The Morgan fingerprint density at radius 3 is 2.09 bits per heavy atom. The minimum Gasteiger partial charge on any atom is -0.493 e. The van der Waals surface area contributed by atoms with Gasteiger partial charge in [0.15, 0.2) is 16.9 Å². The fraction of sp³-hybridized carbons (Fsp3) is 0.364. The van der Waals surface area contributed by atoms with Crippen molar-refractivity contribution in [1.82, 2.24) is 0 Å². The molecule has 0 unspecified atom stereocenters. The Kier molecular flexibility index (Phi) is 9.99. The predicted octanol–water partition coefficient (Wildman–Crippen LogP) is 3.10. The lowest BCUT2D eigenvalue weighted by Crippen LogP contribution is -2.46. The average Bonchev–Trinajstić information content (AvgIpc) is 2.79. The van der Waals surface area contributed by atoms with E-state index in [4.69, 9.17) is 18.9 Å². The summed E-state index contributed by atoms with van der Waals surface area (Å²) in [4.78, 5) is 35.9. The summed E-state index contributed by atoms with van der Waals surface area (Å²) >= 11 is 0. The normalized spacial score (nSPS) is 11.5. The van der Waals surface area contributed by atoms with Gasteiger partial charge >= 0.3 is 11.9 Å². The monoisotopic (exact) mass is 465 g/mol. The van der Waals surface area contributed by atoms with Crippen molar-refractivity contribution in [3.05, 3.63) is 69.8 Å². The molecule has 10 heteroatoms. The van der Waals surface area contributed by atoms with Crippen molar-refractivity contribution < 1.29 is 33.5 Å². The molecule has 0 aliphatic rings. The summed E-state index contributed by atoms with van der Waals surface area (Å²) in [5, 5.41) is 11.4. The Morgan fingerprint density at radius 1 is 1.00 bits per heavy atom. The van der Waals surface area contributed by atoms with Crippen molar-refractivity contribution in [2.45, 2.75) is 19.4 Å². The fourth-order valence-electron chi connectivity index (χ4n) is 3.32. The van der Waals surface area contributed by atoms with E-state index in [1.54, 1.807) is 12.1 Å². The summed E-state index contributed by atoms with van der Waals surface area (Å²) in [5.74, 6) is -2.33. The molecule has 9 nitrogen and oxygen atoms in total. The molecule has 0 saturated carbocycles. The molecule has 0 bridgehead atoms. The second kappa shape index (κ2) is 11.9. The number of hydrogen-bond acceptors (Lipinski definition) is 8. The van der Waals surface area contributed by atoms with Crippen LogP contribution in [0, 0.1) is 15.5 Å². The minimum absolute atomic E-state index is 0. The zero-order valence-electron chi connectivity index (χ0n) is 18.3. The molecule has 0 amide bonds. The molecular weight excluding hydrogens is 438 g/mol. The van der Waals surface area contributed by atoms with E-state index in [1.807, 2.05) is 30.3 Å². The summed E-state index contributed by atoms with van der Waals surface area (Å²) in [6, 6.07) is 14.0. The van der Waals surface area contributed by atoms with Crippen LogP contribution in [0.2, 0.25) is 0 Å². The van der Waals surface area contributed by atoms with E-state index < -0.39 is 34.7 Å². The molecule has 0 spiro atoms. The van der Waals surface area contributed by atoms with Crippen LogP contribution in [0.4, 0.5) is 0 Å². The van der Waals surface area contributed by atoms with Gasteiger partial charge in [-0.2, -0.15) is 13.5 Å². The summed E-state index contributed by atoms with van der Waals surface area (Å²) in [5.41, 5.74) is -0.702. The maximum Gasteiger partial charge on any atom is 0.323 e. The molecule has 0 aliphatic carbocycles. The van der Waals surface area contributed by atoms with Crippen LogP contribution in [-0.4, -0.2) is 44.7 Å². The van der Waals surface area contributed by atoms with Gasteiger partial charge < -0.3 is 18.9 Å². The van der Waals surface area contributed by atoms with E-state index in [1.165, 1.54) is 20.1 Å². The van der Waals surface area contributed by atoms with Gasteiger partial charge in [-0.1, -0.05) is 36.4 Å². The van der Waals surface area contributed by atoms with Crippen LogP contribution in [-0.2, 0) is 25.7 Å². The molecule has 1 atom stereocenters. The Balaban J connectivity index is 0.00000512. The highest BCUT2D eigenvalue weighted by molar-refractivity contribution is 7.59. The highest BCUT2D eigenvalue weighted by Crippen LogP contribution is 2.41. The zero-order chi connectivity index (χ0) is 23.0. The number of esters is 2. The third kappa shape index (κ3) is 5.91. The second-order valence-electron chi connectivity index (χ2n) is 6.94. The first-order valence-corrected chi connectivity index (χ1v) is 9.41. The van der Waals surface area contributed by atoms with Crippen LogP contribution in [0.25, 0.3) is 0 Å². The van der Waals surface area contributed by atoms with Gasteiger partial charge in [-0.3, -0.25) is 19.7 Å². The standard InChI is InChI=1S/C22H25NO8.H2S/c1-22(20(24)29-3,21(25)30-4)17(13-23(26)27)16-10-11-18(28-2)19(12-16)31-14-15-8-6-5-7-9-15;/h5-12,17H,13-14H2,1-4H3;1H2/t17-;/m0./s1. The van der Waals surface area contributed by atoms with E-state index in [-0.39, 0.29) is 20.1 Å². The lowest BCUT2D eigenvalue weighted by atomic mass is 9.73. The lowest BCUT2D eigenvalue weighted by molar-refractivity contribution is -0.485. The molecular formula is C22H27NO8S. The van der Waals surface area contributed by atoms with Crippen molar-refractivity contribution in [3.8, 4) is 11.5 Å². The van der Waals surface area contributed by atoms with Crippen molar-refractivity contribution >= 4 is 25.4 Å². The molecule has 2 aromatic carbocycles. The predicted molar refractivity (Wildman–Crippen MR) is 121 cm³/mol. The fourth-order valence-corrected chi connectivity index (χ4v) is 3.32. The Hall–Kier alpha value is -3.27. The van der Waals surface area contributed by atoms with Crippen molar-refractivity contribution in [2.24, 2.45) is 5.41 Å². The summed E-state index contributed by atoms with van der Waals surface area (Å²) in [7, 11) is 3.68. The van der Waals surface area contributed by atoms with Gasteiger partial charge in [-0.05, 0) is 30.2 Å². The maximum absolute atomic E-state index is 12.5. The maximum atomic E-state index is 12.5. The van der Waals surface area contributed by atoms with Crippen LogP contribution in [0.3, 0.4) is 0 Å². The largest absolute Gasteiger partial charge is 0.493 e. The molecule has 0 radical (unpaired) electrons. The Morgan fingerprint density at radius 2 is 1.59 bits per heavy atom. The van der Waals surface area contributed by atoms with Gasteiger partial charge in [0.25, 0.3) is 0 Å². The number of nitrogens with zero attached hydrogens (tertiary/aromatic N) is 1. The van der Waals surface area contributed by atoms with E-state index in [0.29, 0.717) is 17.1 Å². The Bertz CT molecular complexity index is 919. The van der Waals surface area contributed by atoms with Gasteiger partial charge in [0, 0.05) is 4.92 Å². The minimum atomic E-state index is -1.94. The molecule has 0 aliphatic heterocycles. The van der Waals surface area contributed by atoms with Crippen molar-refractivity contribution in [2.75, 3.05) is 27.9 Å². The number of benzene rings is 2. The first-order chi connectivity index (χ1) is 14.8. The molecule has 32 heavy (non-hydrogen) atoms. The summed E-state index contributed by atoms with van der Waals surface area (Å²) in [6.07, 6.45) is 0. The van der Waals surface area contributed by atoms with Gasteiger partial charge in [0.05, 0.1) is 27.2 Å². The first kappa shape index (κ1) is 26.8. The van der Waals surface area contributed by atoms with Gasteiger partial charge in [0.1, 0.15) is 6.61 Å². The van der Waals surface area contributed by atoms with Crippen LogP contribution < -0.4 is 9.47 Å². The molecule has 174 valence electrons.